The summed E-state index contributed by atoms with van der Waals surface area (Å²) < 4.78 is 51.9. The summed E-state index contributed by atoms with van der Waals surface area (Å²) in [7, 11) is 0. The highest BCUT2D eigenvalue weighted by molar-refractivity contribution is 5.89. The SMILES string of the molecule is C=C(C)C(=O)Oc1cccc(/C=C/c2ccc(/C=C/c3cccc(OC(=O)C(=C)C)c3)c(C(F)(F)F)c2)c1. The molecule has 7 heteroatoms. The van der Waals surface area contributed by atoms with Crippen LogP contribution in [0, 0.1) is 0 Å². The number of hydrogen-bond donors (Lipinski definition) is 0. The van der Waals surface area contributed by atoms with Crippen LogP contribution in [0.15, 0.2) is 91.0 Å². The quantitative estimate of drug-likeness (QED) is 0.131. The maximum atomic E-state index is 13.9. The Kier molecular flexibility index (Phi) is 8.86. The number of carbonyl (C=O) groups excluding carboxylic acids is 2. The second-order valence-corrected chi connectivity index (χ2v) is 8.50. The molecule has 0 atom stereocenters. The van der Waals surface area contributed by atoms with Crippen LogP contribution in [0.5, 0.6) is 11.5 Å². The van der Waals surface area contributed by atoms with Crippen molar-refractivity contribution in [2.45, 2.75) is 20.0 Å². The number of ether oxygens (including phenoxy) is 2. The van der Waals surface area contributed by atoms with Crippen LogP contribution in [0.2, 0.25) is 0 Å². The molecule has 0 aliphatic heterocycles. The molecule has 0 saturated carbocycles. The second-order valence-electron chi connectivity index (χ2n) is 8.50. The first-order valence-electron chi connectivity index (χ1n) is 11.5. The van der Waals surface area contributed by atoms with E-state index in [9.17, 15) is 22.8 Å². The molecule has 0 aliphatic carbocycles. The summed E-state index contributed by atoms with van der Waals surface area (Å²) >= 11 is 0. The van der Waals surface area contributed by atoms with Gasteiger partial charge in [-0.25, -0.2) is 9.59 Å². The lowest BCUT2D eigenvalue weighted by molar-refractivity contribution is -0.137. The maximum Gasteiger partial charge on any atom is 0.417 e. The van der Waals surface area contributed by atoms with Crippen molar-refractivity contribution in [1.29, 1.82) is 0 Å². The van der Waals surface area contributed by atoms with Gasteiger partial charge >= 0.3 is 18.1 Å². The van der Waals surface area contributed by atoms with Gasteiger partial charge < -0.3 is 9.47 Å². The van der Waals surface area contributed by atoms with Crippen molar-refractivity contribution in [3.05, 3.63) is 119 Å². The molecule has 0 bridgehead atoms. The largest absolute Gasteiger partial charge is 0.423 e. The van der Waals surface area contributed by atoms with Crippen LogP contribution < -0.4 is 9.47 Å². The summed E-state index contributed by atoms with van der Waals surface area (Å²) in [6.07, 6.45) is 1.45. The van der Waals surface area contributed by atoms with E-state index in [1.54, 1.807) is 66.7 Å². The highest BCUT2D eigenvalue weighted by Crippen LogP contribution is 2.34. The second kappa shape index (κ2) is 12.1. The zero-order chi connectivity index (χ0) is 27.9. The Morgan fingerprint density at radius 2 is 1.13 bits per heavy atom. The van der Waals surface area contributed by atoms with Crippen LogP contribution in [-0.4, -0.2) is 11.9 Å². The van der Waals surface area contributed by atoms with Gasteiger partial charge in [0, 0.05) is 11.1 Å². The number of halogens is 3. The molecule has 0 fully saturated rings. The van der Waals surface area contributed by atoms with E-state index in [0.29, 0.717) is 22.4 Å². The minimum absolute atomic E-state index is 0.0207. The van der Waals surface area contributed by atoms with Crippen LogP contribution >= 0.6 is 0 Å². The van der Waals surface area contributed by atoms with Crippen LogP contribution in [-0.2, 0) is 15.8 Å². The third-order valence-corrected chi connectivity index (χ3v) is 5.14. The zero-order valence-corrected chi connectivity index (χ0v) is 20.8. The minimum atomic E-state index is -4.58. The first-order chi connectivity index (χ1) is 17.9. The Morgan fingerprint density at radius 3 is 1.58 bits per heavy atom. The third kappa shape index (κ3) is 7.93. The van der Waals surface area contributed by atoms with Gasteiger partial charge in [0.25, 0.3) is 0 Å². The lowest BCUT2D eigenvalue weighted by Crippen LogP contribution is -2.08. The monoisotopic (exact) mass is 518 g/mol. The van der Waals surface area contributed by atoms with Crippen molar-refractivity contribution < 1.29 is 32.2 Å². The number of hydrogen-bond acceptors (Lipinski definition) is 4. The highest BCUT2D eigenvalue weighted by atomic mass is 19.4. The highest BCUT2D eigenvalue weighted by Gasteiger charge is 2.32. The van der Waals surface area contributed by atoms with E-state index in [0.717, 1.165) is 6.07 Å². The van der Waals surface area contributed by atoms with Gasteiger partial charge in [-0.2, -0.15) is 13.2 Å². The summed E-state index contributed by atoms with van der Waals surface area (Å²) in [6.45, 7) is 10.1. The van der Waals surface area contributed by atoms with Gasteiger partial charge in [0.1, 0.15) is 11.5 Å². The van der Waals surface area contributed by atoms with Gasteiger partial charge in [0.2, 0.25) is 0 Å². The summed E-state index contributed by atoms with van der Waals surface area (Å²) in [5.41, 5.74) is 1.20. The first kappa shape index (κ1) is 27.9. The summed E-state index contributed by atoms with van der Waals surface area (Å²) in [4.78, 5) is 23.4. The van der Waals surface area contributed by atoms with Crippen molar-refractivity contribution in [2.75, 3.05) is 0 Å². The van der Waals surface area contributed by atoms with Crippen LogP contribution in [0.1, 0.15) is 41.7 Å². The van der Waals surface area contributed by atoms with Gasteiger partial charge in [-0.1, -0.05) is 73.9 Å². The molecule has 0 unspecified atom stereocenters. The average Bonchev–Trinajstić information content (AvgIpc) is 2.86. The van der Waals surface area contributed by atoms with Crippen molar-refractivity contribution in [3.63, 3.8) is 0 Å². The Bertz CT molecular complexity index is 1450. The third-order valence-electron chi connectivity index (χ3n) is 5.14. The van der Waals surface area contributed by atoms with Gasteiger partial charge in [-0.15, -0.1) is 0 Å². The summed E-state index contributed by atoms with van der Waals surface area (Å²) in [6, 6.07) is 17.0. The average molecular weight is 519 g/mol. The number of rotatable bonds is 8. The Balaban J connectivity index is 1.83. The molecule has 4 nitrogen and oxygen atoms in total. The van der Waals surface area contributed by atoms with E-state index in [1.165, 1.54) is 32.1 Å². The molecule has 38 heavy (non-hydrogen) atoms. The molecular weight excluding hydrogens is 493 g/mol. The summed E-state index contributed by atoms with van der Waals surface area (Å²) in [5, 5.41) is 0. The van der Waals surface area contributed by atoms with Gasteiger partial charge in [-0.05, 0) is 66.4 Å². The van der Waals surface area contributed by atoms with Gasteiger partial charge in [0.05, 0.1) is 5.56 Å². The van der Waals surface area contributed by atoms with Crippen LogP contribution in [0.4, 0.5) is 13.2 Å². The molecule has 3 aromatic rings. The number of carbonyl (C=O) groups is 2. The lowest BCUT2D eigenvalue weighted by atomic mass is 10.0. The Hall–Kier alpha value is -4.65. The van der Waals surface area contributed by atoms with Crippen molar-refractivity contribution >= 4 is 36.2 Å². The molecule has 0 N–H and O–H groups in total. The number of alkyl halides is 3. The molecule has 194 valence electrons. The molecule has 0 amide bonds. The fourth-order valence-electron chi connectivity index (χ4n) is 3.20. The molecule has 0 aromatic heterocycles. The normalized spacial score (nSPS) is 11.5. The van der Waals surface area contributed by atoms with E-state index >= 15 is 0 Å². The summed E-state index contributed by atoms with van der Waals surface area (Å²) in [5.74, 6) is -0.594. The maximum absolute atomic E-state index is 13.9. The first-order valence-corrected chi connectivity index (χ1v) is 11.5. The predicted octanol–water partition coefficient (Wildman–Crippen LogP) is 8.01. The smallest absolute Gasteiger partial charge is 0.417 e. The van der Waals surface area contributed by atoms with Gasteiger partial charge in [-0.3, -0.25) is 0 Å². The fraction of sp³-hybridized carbons (Fsp3) is 0.0968. The molecule has 0 saturated heterocycles. The molecular formula is C31H25F3O4. The van der Waals surface area contributed by atoms with Crippen molar-refractivity contribution in [3.8, 4) is 11.5 Å². The molecule has 0 heterocycles. The van der Waals surface area contributed by atoms with Gasteiger partial charge in [0.15, 0.2) is 0 Å². The fourth-order valence-corrected chi connectivity index (χ4v) is 3.20. The van der Waals surface area contributed by atoms with E-state index in [-0.39, 0.29) is 22.5 Å². The van der Waals surface area contributed by atoms with Crippen LogP contribution in [0.3, 0.4) is 0 Å². The van der Waals surface area contributed by atoms with E-state index < -0.39 is 23.7 Å². The topological polar surface area (TPSA) is 52.6 Å². The Morgan fingerprint density at radius 1 is 0.684 bits per heavy atom. The molecule has 0 spiro atoms. The van der Waals surface area contributed by atoms with Crippen molar-refractivity contribution in [2.24, 2.45) is 0 Å². The molecule has 0 aliphatic rings. The molecule has 0 radical (unpaired) electrons. The predicted molar refractivity (Wildman–Crippen MR) is 143 cm³/mol. The lowest BCUT2D eigenvalue weighted by Gasteiger charge is -2.11. The van der Waals surface area contributed by atoms with Crippen LogP contribution in [0.25, 0.3) is 24.3 Å². The molecule has 3 rings (SSSR count). The number of esters is 2. The Labute approximate surface area is 219 Å². The molecule has 3 aromatic carbocycles. The minimum Gasteiger partial charge on any atom is -0.423 e. The van der Waals surface area contributed by atoms with E-state index in [2.05, 4.69) is 13.2 Å². The number of benzene rings is 3. The standard InChI is InChI=1S/C31H25F3O4/c1-20(2)29(35)37-26-9-5-7-22(17-26)11-12-24-14-16-25(28(19-24)31(32,33)34)15-13-23-8-6-10-27(18-23)38-30(36)21(3)4/h5-19H,1,3H2,2,4H3/b12-11+,15-13+. The van der Waals surface area contributed by atoms with Crippen molar-refractivity contribution in [1.82, 2.24) is 0 Å². The van der Waals surface area contributed by atoms with E-state index in [1.807, 2.05) is 0 Å². The van der Waals surface area contributed by atoms with E-state index in [4.69, 9.17) is 9.47 Å². The zero-order valence-electron chi connectivity index (χ0n) is 20.8.